The molecular formula is C21H18N8O3. The molecule has 2 atom stereocenters. The fourth-order valence-electron chi connectivity index (χ4n) is 4.23. The lowest BCUT2D eigenvalue weighted by Gasteiger charge is -2.16. The molecule has 2 aliphatic rings. The summed E-state index contributed by atoms with van der Waals surface area (Å²) in [4.78, 5) is 20.2. The number of amides is 1. The van der Waals surface area contributed by atoms with E-state index in [0.717, 1.165) is 28.8 Å². The van der Waals surface area contributed by atoms with Crippen molar-refractivity contribution < 1.29 is 14.1 Å². The van der Waals surface area contributed by atoms with E-state index in [-0.39, 0.29) is 18.2 Å². The molecule has 0 saturated carbocycles. The number of aryl methyl sites for hydroxylation is 1. The van der Waals surface area contributed by atoms with Gasteiger partial charge >= 0.3 is 6.09 Å². The highest BCUT2D eigenvalue weighted by molar-refractivity contribution is 5.94. The molecule has 5 heterocycles. The highest BCUT2D eigenvalue weighted by atomic mass is 16.6. The Balaban J connectivity index is 1.22. The van der Waals surface area contributed by atoms with Crippen LogP contribution in [0, 0.1) is 0 Å². The number of benzene rings is 1. The maximum absolute atomic E-state index is 12.5. The second-order valence-corrected chi connectivity index (χ2v) is 7.71. The summed E-state index contributed by atoms with van der Waals surface area (Å²) in [5.41, 5.74) is 4.66. The quantitative estimate of drug-likeness (QED) is 0.508. The third kappa shape index (κ3) is 3.06. The zero-order valence-electron chi connectivity index (χ0n) is 17.0. The number of hydrogen-bond donors (Lipinski definition) is 1. The van der Waals surface area contributed by atoms with Gasteiger partial charge in [-0.1, -0.05) is 17.3 Å². The van der Waals surface area contributed by atoms with Crippen molar-refractivity contribution in [3.05, 3.63) is 54.4 Å². The van der Waals surface area contributed by atoms with E-state index in [9.17, 15) is 4.79 Å². The first-order valence-corrected chi connectivity index (χ1v) is 10.1. The predicted molar refractivity (Wildman–Crippen MR) is 113 cm³/mol. The summed E-state index contributed by atoms with van der Waals surface area (Å²) in [6, 6.07) is 11.6. The van der Waals surface area contributed by atoms with Crippen molar-refractivity contribution in [2.24, 2.45) is 7.05 Å². The average molecular weight is 430 g/mol. The molecule has 4 aromatic rings. The Morgan fingerprint density at radius 1 is 1.19 bits per heavy atom. The first-order chi connectivity index (χ1) is 15.7. The van der Waals surface area contributed by atoms with Crippen LogP contribution in [0.2, 0.25) is 0 Å². The zero-order chi connectivity index (χ0) is 21.7. The maximum Gasteiger partial charge on any atom is 0.415 e. The summed E-state index contributed by atoms with van der Waals surface area (Å²) in [6.07, 6.45) is 3.40. The van der Waals surface area contributed by atoms with Gasteiger partial charge < -0.3 is 14.6 Å². The number of cyclic esters (lactones) is 1. The summed E-state index contributed by atoms with van der Waals surface area (Å²) in [5, 5.41) is 19.0. The lowest BCUT2D eigenvalue weighted by Crippen LogP contribution is -2.36. The van der Waals surface area contributed by atoms with E-state index in [2.05, 4.69) is 36.9 Å². The van der Waals surface area contributed by atoms with Gasteiger partial charge in [0, 0.05) is 17.8 Å². The third-order valence-corrected chi connectivity index (χ3v) is 5.73. The Kier molecular flexibility index (Phi) is 4.13. The second kappa shape index (κ2) is 7.15. The number of rotatable bonds is 5. The standard InChI is InChI=1S/C21H18N8O3/c1-28-25-20(24-27-28)15-4-2-13(10-22-15)12-3-5-16-14(8-12)9-17-18(32-21(30)29(16)17)11-23-19-6-7-31-26-19/h2-8,10,17-18H,9,11H2,1H3,(H,23,26)/t17-,18-/m0/s1. The van der Waals surface area contributed by atoms with Gasteiger partial charge in [0.05, 0.1) is 25.3 Å². The summed E-state index contributed by atoms with van der Waals surface area (Å²) in [7, 11) is 1.71. The van der Waals surface area contributed by atoms with Crippen LogP contribution in [0.15, 0.2) is 53.4 Å². The number of ether oxygens (including phenoxy) is 1. The molecule has 0 radical (unpaired) electrons. The monoisotopic (exact) mass is 430 g/mol. The largest absolute Gasteiger partial charge is 0.442 e. The number of carbonyl (C=O) groups excluding carboxylic acids is 1. The molecule has 0 bridgehead atoms. The van der Waals surface area contributed by atoms with E-state index in [0.29, 0.717) is 23.9 Å². The van der Waals surface area contributed by atoms with Crippen molar-refractivity contribution in [1.29, 1.82) is 0 Å². The molecule has 0 spiro atoms. The molecule has 6 rings (SSSR count). The van der Waals surface area contributed by atoms with Crippen molar-refractivity contribution >= 4 is 17.6 Å². The van der Waals surface area contributed by atoms with Crippen molar-refractivity contribution in [3.63, 3.8) is 0 Å². The molecule has 160 valence electrons. The van der Waals surface area contributed by atoms with Gasteiger partial charge in [-0.25, -0.2) is 4.79 Å². The van der Waals surface area contributed by atoms with E-state index in [1.165, 1.54) is 11.1 Å². The molecule has 2 aliphatic heterocycles. The van der Waals surface area contributed by atoms with Crippen molar-refractivity contribution in [2.45, 2.75) is 18.6 Å². The summed E-state index contributed by atoms with van der Waals surface area (Å²) < 4.78 is 10.4. The van der Waals surface area contributed by atoms with Crippen LogP contribution >= 0.6 is 0 Å². The summed E-state index contributed by atoms with van der Waals surface area (Å²) in [5.74, 6) is 1.10. The minimum Gasteiger partial charge on any atom is -0.442 e. The second-order valence-electron chi connectivity index (χ2n) is 7.71. The molecule has 1 fully saturated rings. The van der Waals surface area contributed by atoms with Crippen LogP contribution in [-0.2, 0) is 18.2 Å². The molecular weight excluding hydrogens is 412 g/mol. The van der Waals surface area contributed by atoms with Gasteiger partial charge in [0.2, 0.25) is 5.82 Å². The summed E-state index contributed by atoms with van der Waals surface area (Å²) >= 11 is 0. The summed E-state index contributed by atoms with van der Waals surface area (Å²) in [6.45, 7) is 0.460. The smallest absolute Gasteiger partial charge is 0.415 e. The molecule has 32 heavy (non-hydrogen) atoms. The number of carbonyl (C=O) groups is 1. The molecule has 1 amide bonds. The number of hydrogen-bond acceptors (Lipinski definition) is 9. The first kappa shape index (κ1) is 18.5. The molecule has 1 N–H and O–H groups in total. The van der Waals surface area contributed by atoms with Gasteiger partial charge in [-0.3, -0.25) is 9.88 Å². The van der Waals surface area contributed by atoms with Crippen LogP contribution in [0.1, 0.15) is 5.56 Å². The Hall–Kier alpha value is -4.28. The van der Waals surface area contributed by atoms with Crippen molar-refractivity contribution in [3.8, 4) is 22.6 Å². The highest BCUT2D eigenvalue weighted by Gasteiger charge is 2.47. The number of tetrazole rings is 1. The van der Waals surface area contributed by atoms with E-state index in [4.69, 9.17) is 9.26 Å². The van der Waals surface area contributed by atoms with Gasteiger partial charge in [-0.15, -0.1) is 10.2 Å². The normalized spacial score (nSPS) is 19.0. The van der Waals surface area contributed by atoms with E-state index in [1.807, 2.05) is 24.3 Å². The molecule has 0 aliphatic carbocycles. The van der Waals surface area contributed by atoms with E-state index in [1.54, 1.807) is 24.2 Å². The molecule has 1 aromatic carbocycles. The minimum atomic E-state index is -0.323. The fraction of sp³-hybridized carbons (Fsp3) is 0.238. The van der Waals surface area contributed by atoms with Crippen molar-refractivity contribution in [1.82, 2.24) is 30.3 Å². The fourth-order valence-corrected chi connectivity index (χ4v) is 4.23. The Morgan fingerprint density at radius 2 is 2.09 bits per heavy atom. The van der Waals surface area contributed by atoms with Crippen LogP contribution < -0.4 is 10.2 Å². The Morgan fingerprint density at radius 3 is 2.84 bits per heavy atom. The van der Waals surface area contributed by atoms with Crippen LogP contribution in [0.3, 0.4) is 0 Å². The van der Waals surface area contributed by atoms with Gasteiger partial charge in [0.15, 0.2) is 5.82 Å². The van der Waals surface area contributed by atoms with E-state index < -0.39 is 0 Å². The van der Waals surface area contributed by atoms with Gasteiger partial charge in [0.1, 0.15) is 18.1 Å². The van der Waals surface area contributed by atoms with Crippen molar-refractivity contribution in [2.75, 3.05) is 16.8 Å². The first-order valence-electron chi connectivity index (χ1n) is 10.1. The zero-order valence-corrected chi connectivity index (χ0v) is 17.0. The van der Waals surface area contributed by atoms with Gasteiger partial charge in [-0.05, 0) is 41.0 Å². The average Bonchev–Trinajstić information content (AvgIpc) is 3.58. The number of nitrogens with one attached hydrogen (secondary N) is 1. The Labute approximate surface area is 182 Å². The molecule has 0 unspecified atom stereocenters. The number of anilines is 2. The van der Waals surface area contributed by atoms with Crippen LogP contribution in [0.5, 0.6) is 0 Å². The van der Waals surface area contributed by atoms with Crippen LogP contribution in [0.25, 0.3) is 22.6 Å². The molecule has 11 nitrogen and oxygen atoms in total. The molecule has 1 saturated heterocycles. The van der Waals surface area contributed by atoms with Gasteiger partial charge in [0.25, 0.3) is 0 Å². The van der Waals surface area contributed by atoms with Crippen LogP contribution in [0.4, 0.5) is 16.3 Å². The maximum atomic E-state index is 12.5. The third-order valence-electron chi connectivity index (χ3n) is 5.73. The number of pyridine rings is 1. The molecule has 3 aromatic heterocycles. The lowest BCUT2D eigenvalue weighted by molar-refractivity contribution is 0.137. The highest BCUT2D eigenvalue weighted by Crippen LogP contribution is 2.40. The van der Waals surface area contributed by atoms with Gasteiger partial charge in [-0.2, -0.15) is 4.80 Å². The number of fused-ring (bicyclic) bond motifs is 3. The number of aromatic nitrogens is 6. The van der Waals surface area contributed by atoms with E-state index >= 15 is 0 Å². The Bertz CT molecular complexity index is 1280. The molecule has 11 heteroatoms. The lowest BCUT2D eigenvalue weighted by atomic mass is 10.0. The predicted octanol–water partition coefficient (Wildman–Crippen LogP) is 2.29. The minimum absolute atomic E-state index is 0.0598. The van der Waals surface area contributed by atoms with Crippen LogP contribution in [-0.4, -0.2) is 55.1 Å². The number of nitrogens with zero attached hydrogens (tertiary/aromatic N) is 7. The SMILES string of the molecule is Cn1nnc(-c2ccc(-c3ccc4c(c3)C[C@H]3[C@H](CNc5ccon5)OC(=O)N43)cn2)n1. The topological polar surface area (TPSA) is 124 Å².